The SMILES string of the molecule is CCOC(=O)CN(Cc1ccccc1)[C@H](C(=O)OCC)[C@@H](NC(C)C)c1ccccc1. The molecule has 0 aliphatic rings. The highest BCUT2D eigenvalue weighted by Gasteiger charge is 2.37. The standard InChI is InChI=1S/C25H34N2O4/c1-5-30-22(28)18-27(17-20-13-9-7-10-14-20)24(25(29)31-6-2)23(26-19(3)4)21-15-11-8-12-16-21/h7-16,19,23-24,26H,5-6,17-18H2,1-4H3/t23-,24-/m0/s1. The highest BCUT2D eigenvalue weighted by Crippen LogP contribution is 2.25. The molecule has 1 N–H and O–H groups in total. The van der Waals surface area contributed by atoms with E-state index in [2.05, 4.69) is 5.32 Å². The molecule has 0 spiro atoms. The van der Waals surface area contributed by atoms with E-state index in [1.807, 2.05) is 79.4 Å². The van der Waals surface area contributed by atoms with Crippen molar-refractivity contribution in [2.75, 3.05) is 19.8 Å². The van der Waals surface area contributed by atoms with E-state index in [1.54, 1.807) is 13.8 Å². The molecule has 0 unspecified atom stereocenters. The molecular formula is C25H34N2O4. The van der Waals surface area contributed by atoms with Gasteiger partial charge in [0, 0.05) is 12.6 Å². The van der Waals surface area contributed by atoms with Crippen LogP contribution in [0.3, 0.4) is 0 Å². The monoisotopic (exact) mass is 426 g/mol. The Labute approximate surface area is 185 Å². The molecule has 0 radical (unpaired) electrons. The summed E-state index contributed by atoms with van der Waals surface area (Å²) in [4.78, 5) is 27.6. The molecule has 0 heterocycles. The van der Waals surface area contributed by atoms with Crippen LogP contribution in [0.5, 0.6) is 0 Å². The largest absolute Gasteiger partial charge is 0.465 e. The van der Waals surface area contributed by atoms with Crippen LogP contribution in [0.1, 0.15) is 44.9 Å². The van der Waals surface area contributed by atoms with Gasteiger partial charge in [0.05, 0.1) is 25.8 Å². The van der Waals surface area contributed by atoms with Crippen molar-refractivity contribution in [2.45, 2.75) is 52.4 Å². The first kappa shape index (κ1) is 24.6. The second kappa shape index (κ2) is 12.9. The smallest absolute Gasteiger partial charge is 0.325 e. The molecular weight excluding hydrogens is 392 g/mol. The zero-order valence-electron chi connectivity index (χ0n) is 18.9. The summed E-state index contributed by atoms with van der Waals surface area (Å²) in [5.41, 5.74) is 1.95. The summed E-state index contributed by atoms with van der Waals surface area (Å²) in [6.45, 7) is 8.56. The Bertz CT molecular complexity index is 796. The molecule has 2 aromatic rings. The molecule has 0 aromatic heterocycles. The molecule has 0 aliphatic heterocycles. The summed E-state index contributed by atoms with van der Waals surface area (Å²) in [6.07, 6.45) is 0. The van der Waals surface area contributed by atoms with Crippen molar-refractivity contribution in [3.63, 3.8) is 0 Å². The summed E-state index contributed by atoms with van der Waals surface area (Å²) in [5.74, 6) is -0.742. The minimum atomic E-state index is -0.714. The molecule has 6 heteroatoms. The third kappa shape index (κ3) is 7.81. The van der Waals surface area contributed by atoms with Crippen molar-refractivity contribution in [3.8, 4) is 0 Å². The van der Waals surface area contributed by atoms with Gasteiger partial charge in [-0.15, -0.1) is 0 Å². The van der Waals surface area contributed by atoms with Gasteiger partial charge < -0.3 is 14.8 Å². The van der Waals surface area contributed by atoms with E-state index in [-0.39, 0.29) is 43.8 Å². The fourth-order valence-corrected chi connectivity index (χ4v) is 3.56. The van der Waals surface area contributed by atoms with Crippen molar-refractivity contribution in [2.24, 2.45) is 0 Å². The quantitative estimate of drug-likeness (QED) is 0.522. The first-order valence-electron chi connectivity index (χ1n) is 10.9. The van der Waals surface area contributed by atoms with Gasteiger partial charge in [-0.05, 0) is 25.0 Å². The lowest BCUT2D eigenvalue weighted by Gasteiger charge is -2.36. The van der Waals surface area contributed by atoms with E-state index < -0.39 is 6.04 Å². The lowest BCUT2D eigenvalue weighted by atomic mass is 9.96. The third-order valence-corrected chi connectivity index (χ3v) is 4.77. The Morgan fingerprint density at radius 1 is 0.903 bits per heavy atom. The molecule has 0 fully saturated rings. The number of hydrogen-bond acceptors (Lipinski definition) is 6. The van der Waals surface area contributed by atoms with Gasteiger partial charge in [0.1, 0.15) is 6.04 Å². The molecule has 2 atom stereocenters. The van der Waals surface area contributed by atoms with Gasteiger partial charge in [-0.2, -0.15) is 0 Å². The van der Waals surface area contributed by atoms with Crippen molar-refractivity contribution in [1.82, 2.24) is 10.2 Å². The molecule has 2 rings (SSSR count). The normalized spacial score (nSPS) is 13.1. The number of ether oxygens (including phenoxy) is 2. The van der Waals surface area contributed by atoms with Gasteiger partial charge in [-0.1, -0.05) is 74.5 Å². The fourth-order valence-electron chi connectivity index (χ4n) is 3.56. The lowest BCUT2D eigenvalue weighted by Crippen LogP contribution is -2.52. The highest BCUT2D eigenvalue weighted by atomic mass is 16.5. The Kier molecular flexibility index (Phi) is 10.2. The zero-order chi connectivity index (χ0) is 22.6. The Morgan fingerprint density at radius 3 is 2.03 bits per heavy atom. The molecule has 2 aromatic carbocycles. The van der Waals surface area contributed by atoms with E-state index in [0.717, 1.165) is 11.1 Å². The minimum Gasteiger partial charge on any atom is -0.465 e. The molecule has 31 heavy (non-hydrogen) atoms. The summed E-state index contributed by atoms with van der Waals surface area (Å²) in [6, 6.07) is 18.6. The summed E-state index contributed by atoms with van der Waals surface area (Å²) in [5, 5.41) is 3.51. The molecule has 0 bridgehead atoms. The predicted octanol–water partition coefficient (Wildman–Crippen LogP) is 3.72. The van der Waals surface area contributed by atoms with Crippen LogP contribution in [0.15, 0.2) is 60.7 Å². The summed E-state index contributed by atoms with van der Waals surface area (Å²) >= 11 is 0. The highest BCUT2D eigenvalue weighted by molar-refractivity contribution is 5.79. The van der Waals surface area contributed by atoms with Crippen LogP contribution in [0, 0.1) is 0 Å². The van der Waals surface area contributed by atoms with Crippen LogP contribution in [-0.2, 0) is 25.6 Å². The zero-order valence-corrected chi connectivity index (χ0v) is 18.9. The van der Waals surface area contributed by atoms with Gasteiger partial charge >= 0.3 is 11.9 Å². The van der Waals surface area contributed by atoms with E-state index >= 15 is 0 Å². The second-order valence-electron chi connectivity index (χ2n) is 7.60. The van der Waals surface area contributed by atoms with Gasteiger partial charge in [-0.25, -0.2) is 0 Å². The summed E-state index contributed by atoms with van der Waals surface area (Å²) in [7, 11) is 0. The molecule has 168 valence electrons. The van der Waals surface area contributed by atoms with E-state index in [0.29, 0.717) is 6.54 Å². The van der Waals surface area contributed by atoms with Gasteiger partial charge in [0.15, 0.2) is 0 Å². The van der Waals surface area contributed by atoms with Crippen LogP contribution in [-0.4, -0.2) is 48.7 Å². The molecule has 0 aliphatic carbocycles. The number of esters is 2. The average Bonchev–Trinajstić information content (AvgIpc) is 2.74. The van der Waals surface area contributed by atoms with Crippen molar-refractivity contribution in [3.05, 3.63) is 71.8 Å². The number of hydrogen-bond donors (Lipinski definition) is 1. The van der Waals surface area contributed by atoms with E-state index in [1.165, 1.54) is 0 Å². The van der Waals surface area contributed by atoms with Gasteiger partial charge in [0.25, 0.3) is 0 Å². The minimum absolute atomic E-state index is 0.0185. The number of carbonyl (C=O) groups is 2. The molecule has 6 nitrogen and oxygen atoms in total. The van der Waals surface area contributed by atoms with Gasteiger partial charge in [0.2, 0.25) is 0 Å². The maximum absolute atomic E-state index is 13.3. The van der Waals surface area contributed by atoms with E-state index in [9.17, 15) is 9.59 Å². The number of nitrogens with zero attached hydrogens (tertiary/aromatic N) is 1. The molecule has 0 saturated carbocycles. The molecule has 0 amide bonds. The lowest BCUT2D eigenvalue weighted by molar-refractivity contribution is -0.154. The second-order valence-corrected chi connectivity index (χ2v) is 7.60. The van der Waals surface area contributed by atoms with Crippen molar-refractivity contribution < 1.29 is 19.1 Å². The molecule has 0 saturated heterocycles. The first-order valence-corrected chi connectivity index (χ1v) is 10.9. The number of nitrogens with one attached hydrogen (secondary N) is 1. The number of rotatable bonds is 12. The number of carbonyl (C=O) groups excluding carboxylic acids is 2. The van der Waals surface area contributed by atoms with Crippen LogP contribution >= 0.6 is 0 Å². The van der Waals surface area contributed by atoms with Crippen LogP contribution in [0.25, 0.3) is 0 Å². The Balaban J connectivity index is 2.50. The van der Waals surface area contributed by atoms with E-state index in [4.69, 9.17) is 9.47 Å². The third-order valence-electron chi connectivity index (χ3n) is 4.77. The predicted molar refractivity (Wildman–Crippen MR) is 121 cm³/mol. The summed E-state index contributed by atoms with van der Waals surface area (Å²) < 4.78 is 10.7. The topological polar surface area (TPSA) is 67.9 Å². The maximum atomic E-state index is 13.3. The van der Waals surface area contributed by atoms with Crippen molar-refractivity contribution in [1.29, 1.82) is 0 Å². The van der Waals surface area contributed by atoms with Gasteiger partial charge in [-0.3, -0.25) is 14.5 Å². The Morgan fingerprint density at radius 2 is 1.48 bits per heavy atom. The maximum Gasteiger partial charge on any atom is 0.325 e. The number of benzene rings is 2. The van der Waals surface area contributed by atoms with Crippen molar-refractivity contribution >= 4 is 11.9 Å². The first-order chi connectivity index (χ1) is 15.0. The average molecular weight is 427 g/mol. The van der Waals surface area contributed by atoms with Crippen LogP contribution in [0.4, 0.5) is 0 Å². The Hall–Kier alpha value is -2.70. The fraction of sp³-hybridized carbons (Fsp3) is 0.440. The van der Waals surface area contributed by atoms with Crippen LogP contribution in [0.2, 0.25) is 0 Å². The van der Waals surface area contributed by atoms with Crippen LogP contribution < -0.4 is 5.32 Å².